The predicted octanol–water partition coefficient (Wildman–Crippen LogP) is 1.31. The molecule has 0 atom stereocenters. The first kappa shape index (κ1) is 16.0. The second kappa shape index (κ2) is 7.06. The molecule has 2 rings (SSSR count). The highest BCUT2D eigenvalue weighted by atomic mass is 16.2. The van der Waals surface area contributed by atoms with Gasteiger partial charge in [-0.15, -0.1) is 0 Å². The van der Waals surface area contributed by atoms with E-state index >= 15 is 0 Å². The summed E-state index contributed by atoms with van der Waals surface area (Å²) >= 11 is 0. The van der Waals surface area contributed by atoms with Gasteiger partial charge in [0, 0.05) is 31.3 Å². The number of likely N-dealkylation sites (tertiary alicyclic amines) is 1. The number of amides is 3. The van der Waals surface area contributed by atoms with Gasteiger partial charge in [-0.1, -0.05) is 6.07 Å². The zero-order chi connectivity index (χ0) is 16.1. The SMILES string of the molecule is CNC(=O)c1cccc(NC(=O)CN2CCCCC2=O)c1C. The third-order valence-corrected chi connectivity index (χ3v) is 3.84. The van der Waals surface area contributed by atoms with Gasteiger partial charge in [-0.3, -0.25) is 14.4 Å². The largest absolute Gasteiger partial charge is 0.355 e. The molecule has 1 aliphatic heterocycles. The van der Waals surface area contributed by atoms with Crippen LogP contribution in [0.1, 0.15) is 35.2 Å². The van der Waals surface area contributed by atoms with Gasteiger partial charge in [-0.2, -0.15) is 0 Å². The van der Waals surface area contributed by atoms with Crippen LogP contribution >= 0.6 is 0 Å². The van der Waals surface area contributed by atoms with Crippen molar-refractivity contribution < 1.29 is 14.4 Å². The molecule has 22 heavy (non-hydrogen) atoms. The number of nitrogens with one attached hydrogen (secondary N) is 2. The summed E-state index contributed by atoms with van der Waals surface area (Å²) < 4.78 is 0. The summed E-state index contributed by atoms with van der Waals surface area (Å²) in [6.07, 6.45) is 2.34. The Hall–Kier alpha value is -2.37. The smallest absolute Gasteiger partial charge is 0.251 e. The van der Waals surface area contributed by atoms with E-state index in [2.05, 4.69) is 10.6 Å². The normalized spacial score (nSPS) is 14.6. The fraction of sp³-hybridized carbons (Fsp3) is 0.438. The van der Waals surface area contributed by atoms with E-state index in [1.165, 1.54) is 0 Å². The van der Waals surface area contributed by atoms with Gasteiger partial charge in [0.1, 0.15) is 0 Å². The zero-order valence-corrected chi connectivity index (χ0v) is 12.9. The monoisotopic (exact) mass is 303 g/mol. The van der Waals surface area contributed by atoms with Crippen LogP contribution in [0.5, 0.6) is 0 Å². The van der Waals surface area contributed by atoms with Crippen molar-refractivity contribution in [3.63, 3.8) is 0 Å². The lowest BCUT2D eigenvalue weighted by molar-refractivity contribution is -0.136. The lowest BCUT2D eigenvalue weighted by atomic mass is 10.1. The molecule has 0 aromatic heterocycles. The van der Waals surface area contributed by atoms with E-state index in [1.54, 1.807) is 37.1 Å². The quantitative estimate of drug-likeness (QED) is 0.880. The van der Waals surface area contributed by atoms with Gasteiger partial charge >= 0.3 is 0 Å². The highest BCUT2D eigenvalue weighted by Crippen LogP contribution is 2.19. The Bertz CT molecular complexity index is 598. The Morgan fingerprint density at radius 2 is 2.05 bits per heavy atom. The second-order valence-electron chi connectivity index (χ2n) is 5.38. The number of carbonyl (C=O) groups is 3. The van der Waals surface area contributed by atoms with Crippen molar-refractivity contribution in [3.05, 3.63) is 29.3 Å². The molecule has 2 N–H and O–H groups in total. The minimum absolute atomic E-state index is 0.0252. The zero-order valence-electron chi connectivity index (χ0n) is 12.9. The molecule has 0 unspecified atom stereocenters. The average Bonchev–Trinajstić information content (AvgIpc) is 2.51. The molecule has 1 aliphatic rings. The van der Waals surface area contributed by atoms with Crippen LogP contribution in [0.2, 0.25) is 0 Å². The Labute approximate surface area is 129 Å². The molecular formula is C16H21N3O3. The summed E-state index contributed by atoms with van der Waals surface area (Å²) in [4.78, 5) is 37.2. The molecule has 6 nitrogen and oxygen atoms in total. The lowest BCUT2D eigenvalue weighted by Crippen LogP contribution is -2.40. The van der Waals surface area contributed by atoms with Gasteiger partial charge in [-0.25, -0.2) is 0 Å². The van der Waals surface area contributed by atoms with Gasteiger partial charge in [0.2, 0.25) is 11.8 Å². The number of hydrogen-bond donors (Lipinski definition) is 2. The first-order valence-electron chi connectivity index (χ1n) is 7.42. The topological polar surface area (TPSA) is 78.5 Å². The number of nitrogens with zero attached hydrogens (tertiary/aromatic N) is 1. The Kier molecular flexibility index (Phi) is 5.14. The van der Waals surface area contributed by atoms with Crippen LogP contribution in [0, 0.1) is 6.92 Å². The molecule has 0 aliphatic carbocycles. The van der Waals surface area contributed by atoms with Crippen LogP contribution in [-0.4, -0.2) is 42.8 Å². The molecule has 1 aromatic carbocycles. The summed E-state index contributed by atoms with van der Waals surface area (Å²) in [5.74, 6) is -0.413. The van der Waals surface area contributed by atoms with E-state index in [4.69, 9.17) is 0 Å². The lowest BCUT2D eigenvalue weighted by Gasteiger charge is -2.26. The maximum atomic E-state index is 12.1. The molecule has 6 heteroatoms. The average molecular weight is 303 g/mol. The van der Waals surface area contributed by atoms with Crippen LogP contribution in [0.15, 0.2) is 18.2 Å². The molecule has 1 aromatic rings. The van der Waals surface area contributed by atoms with Crippen molar-refractivity contribution >= 4 is 23.4 Å². The summed E-state index contributed by atoms with van der Waals surface area (Å²) in [6.45, 7) is 2.47. The molecule has 118 valence electrons. The van der Waals surface area contributed by atoms with Crippen molar-refractivity contribution in [1.82, 2.24) is 10.2 Å². The van der Waals surface area contributed by atoms with Crippen molar-refractivity contribution in [2.45, 2.75) is 26.2 Å². The molecule has 1 heterocycles. The molecule has 3 amide bonds. The third-order valence-electron chi connectivity index (χ3n) is 3.84. The maximum absolute atomic E-state index is 12.1. The van der Waals surface area contributed by atoms with Crippen LogP contribution in [0.3, 0.4) is 0 Å². The van der Waals surface area contributed by atoms with E-state index in [1.807, 2.05) is 0 Å². The number of piperidine rings is 1. The summed E-state index contributed by atoms with van der Waals surface area (Å²) in [5, 5.41) is 5.35. The second-order valence-corrected chi connectivity index (χ2v) is 5.38. The first-order valence-corrected chi connectivity index (χ1v) is 7.42. The van der Waals surface area contributed by atoms with Crippen LogP contribution < -0.4 is 10.6 Å². The molecule has 0 saturated carbocycles. The predicted molar refractivity (Wildman–Crippen MR) is 83.6 cm³/mol. The molecule has 1 saturated heterocycles. The van der Waals surface area contributed by atoms with Crippen LogP contribution in [0.25, 0.3) is 0 Å². The van der Waals surface area contributed by atoms with Gasteiger partial charge < -0.3 is 15.5 Å². The minimum atomic E-state index is -0.243. The van der Waals surface area contributed by atoms with E-state index in [9.17, 15) is 14.4 Å². The van der Waals surface area contributed by atoms with Crippen molar-refractivity contribution in [1.29, 1.82) is 0 Å². The van der Waals surface area contributed by atoms with Crippen LogP contribution in [-0.2, 0) is 9.59 Å². The minimum Gasteiger partial charge on any atom is -0.355 e. The fourth-order valence-corrected chi connectivity index (χ4v) is 2.54. The first-order chi connectivity index (χ1) is 10.5. The summed E-state index contributed by atoms with van der Waals surface area (Å²) in [6, 6.07) is 5.18. The fourth-order valence-electron chi connectivity index (χ4n) is 2.54. The summed E-state index contributed by atoms with van der Waals surface area (Å²) in [7, 11) is 1.56. The van der Waals surface area contributed by atoms with Gasteiger partial charge in [0.15, 0.2) is 0 Å². The van der Waals surface area contributed by atoms with Gasteiger partial charge in [0.05, 0.1) is 6.54 Å². The van der Waals surface area contributed by atoms with E-state index in [0.717, 1.165) is 12.8 Å². The van der Waals surface area contributed by atoms with E-state index < -0.39 is 0 Å². The third kappa shape index (κ3) is 3.63. The molecule has 0 spiro atoms. The maximum Gasteiger partial charge on any atom is 0.251 e. The van der Waals surface area contributed by atoms with Crippen molar-refractivity contribution in [3.8, 4) is 0 Å². The van der Waals surface area contributed by atoms with Gasteiger partial charge in [-0.05, 0) is 37.5 Å². The standard InChI is InChI=1S/C16H21N3O3/c1-11-12(16(22)17-2)6-5-7-13(11)18-14(20)10-19-9-4-3-8-15(19)21/h5-7H,3-4,8-10H2,1-2H3,(H,17,22)(H,18,20). The molecule has 0 bridgehead atoms. The number of carbonyl (C=O) groups excluding carboxylic acids is 3. The van der Waals surface area contributed by atoms with Gasteiger partial charge in [0.25, 0.3) is 5.91 Å². The molecular weight excluding hydrogens is 282 g/mol. The summed E-state index contributed by atoms with van der Waals surface area (Å²) in [5.41, 5.74) is 1.82. The highest BCUT2D eigenvalue weighted by molar-refractivity contribution is 6.00. The number of anilines is 1. The number of hydrogen-bond acceptors (Lipinski definition) is 3. The van der Waals surface area contributed by atoms with E-state index in [-0.39, 0.29) is 24.3 Å². The van der Waals surface area contributed by atoms with Crippen LogP contribution in [0.4, 0.5) is 5.69 Å². The molecule has 0 radical (unpaired) electrons. The Morgan fingerprint density at radius 3 is 2.73 bits per heavy atom. The van der Waals surface area contributed by atoms with Crippen molar-refractivity contribution in [2.24, 2.45) is 0 Å². The van der Waals surface area contributed by atoms with Crippen molar-refractivity contribution in [2.75, 3.05) is 25.5 Å². The Morgan fingerprint density at radius 1 is 1.27 bits per heavy atom. The van der Waals surface area contributed by atoms with E-state index in [0.29, 0.717) is 29.8 Å². The molecule has 1 fully saturated rings. The number of rotatable bonds is 4. The highest BCUT2D eigenvalue weighted by Gasteiger charge is 2.21. The number of benzene rings is 1. The Balaban J connectivity index is 2.05.